The number of anilines is 2. The van der Waals surface area contributed by atoms with Crippen molar-refractivity contribution in [1.29, 1.82) is 0 Å². The van der Waals surface area contributed by atoms with Crippen LogP contribution in [0.4, 0.5) is 19.6 Å². The summed E-state index contributed by atoms with van der Waals surface area (Å²) in [4.78, 5) is 23.2. The van der Waals surface area contributed by atoms with Crippen molar-refractivity contribution in [3.8, 4) is 22.9 Å². The van der Waals surface area contributed by atoms with Crippen LogP contribution < -0.4 is 21.1 Å². The minimum Gasteiger partial charge on any atom is -0.506 e. The SMILES string of the molecule is CNC(=O)[C@H]1C[C@H]1Nc1nc(O[C@@H](C)[C@@H]2CCCN2C)nc2c(F)c(-c3ccc(F)c4sc(N)[c-]c34)c(Cl)c(O)c12.[Cm]. The number of benzene rings is 2. The van der Waals surface area contributed by atoms with Crippen LogP contribution in [0.5, 0.6) is 11.8 Å². The largest absolute Gasteiger partial charge is 0.506 e. The number of nitrogens with one attached hydrogen (secondary N) is 2. The van der Waals surface area contributed by atoms with Gasteiger partial charge in [0.05, 0.1) is 22.1 Å². The van der Waals surface area contributed by atoms with E-state index in [-0.39, 0.29) is 84.0 Å². The number of phenolic OH excluding ortho intramolecular Hbond substituents is 1. The summed E-state index contributed by atoms with van der Waals surface area (Å²) in [6.07, 6.45) is 2.18. The van der Waals surface area contributed by atoms with Crippen molar-refractivity contribution in [3.63, 3.8) is 0 Å². The number of hydrogen-bond acceptors (Lipinski definition) is 9. The van der Waals surface area contributed by atoms with Gasteiger partial charge in [0.25, 0.3) is 0 Å². The summed E-state index contributed by atoms with van der Waals surface area (Å²) in [6, 6.07) is 5.16. The predicted octanol–water partition coefficient (Wildman–Crippen LogP) is 4.94. The molecule has 4 aromatic rings. The molecule has 1 aliphatic carbocycles. The van der Waals surface area contributed by atoms with Crippen LogP contribution in [-0.2, 0) is 4.79 Å². The van der Waals surface area contributed by atoms with E-state index < -0.39 is 17.4 Å². The van der Waals surface area contributed by atoms with Gasteiger partial charge in [-0.15, -0.1) is 17.7 Å². The molecule has 2 aliphatic rings. The molecule has 9 nitrogen and oxygen atoms in total. The van der Waals surface area contributed by atoms with Gasteiger partial charge >= 0.3 is 6.01 Å². The maximum atomic E-state index is 16.5. The molecule has 2 fully saturated rings. The predicted molar refractivity (Wildman–Crippen MR) is 156 cm³/mol. The molecule has 1 saturated carbocycles. The number of likely N-dealkylation sites (tertiary alicyclic amines) is 1. The minimum atomic E-state index is -0.853. The molecule has 0 unspecified atom stereocenters. The molecule has 2 aromatic carbocycles. The van der Waals surface area contributed by atoms with E-state index >= 15 is 4.39 Å². The van der Waals surface area contributed by atoms with E-state index in [1.54, 1.807) is 7.05 Å². The number of thiophene rings is 1. The Morgan fingerprint density at radius 1 is 1.36 bits per heavy atom. The van der Waals surface area contributed by atoms with Gasteiger partial charge in [0.2, 0.25) is 5.91 Å². The molecule has 1 amide bonds. The second-order valence-electron chi connectivity index (χ2n) is 10.5. The molecule has 1 aliphatic heterocycles. The molecule has 2 aromatic heterocycles. The number of rotatable bonds is 7. The molecule has 6 rings (SSSR count). The number of likely N-dealkylation sites (N-methyl/N-ethyl adjacent to an activating group) is 1. The van der Waals surface area contributed by atoms with Crippen molar-refractivity contribution in [2.24, 2.45) is 5.92 Å². The van der Waals surface area contributed by atoms with E-state index in [0.29, 0.717) is 6.42 Å². The third-order valence-electron chi connectivity index (χ3n) is 7.93. The van der Waals surface area contributed by atoms with Crippen LogP contribution in [0.25, 0.3) is 32.1 Å². The molecule has 42 heavy (non-hydrogen) atoms. The Balaban J connectivity index is 0.00000353. The summed E-state index contributed by atoms with van der Waals surface area (Å²) in [5.74, 6) is -2.21. The monoisotopic (exact) mass is 844 g/mol. The van der Waals surface area contributed by atoms with Crippen molar-refractivity contribution >= 4 is 60.7 Å². The number of carbonyl (C=O) groups excluding carboxylic acids is 1. The second-order valence-corrected chi connectivity index (χ2v) is 12.0. The van der Waals surface area contributed by atoms with Gasteiger partial charge in [-0.25, -0.2) is 8.78 Å². The summed E-state index contributed by atoms with van der Waals surface area (Å²) in [6.45, 7) is 2.84. The first-order valence-electron chi connectivity index (χ1n) is 13.3. The normalized spacial score (nSPS) is 20.9. The fraction of sp³-hybridized carbons (Fsp3) is 0.393. The molecule has 4 atom stereocenters. The second kappa shape index (κ2) is 10.7. The molecular formula is C28H28ClCmF2N6O3S-. The number of ether oxygens (including phenoxy) is 1. The average Bonchev–Trinajstić information content (AvgIpc) is 3.36. The van der Waals surface area contributed by atoms with Crippen molar-refractivity contribution in [1.82, 2.24) is 20.2 Å². The van der Waals surface area contributed by atoms with Gasteiger partial charge in [0, 0.05) is 24.1 Å². The fourth-order valence-electron chi connectivity index (χ4n) is 5.69. The maximum Gasteiger partial charge on any atom is 0.319 e. The first-order chi connectivity index (χ1) is 19.6. The van der Waals surface area contributed by atoms with Gasteiger partial charge in [-0.3, -0.25) is 9.69 Å². The molecule has 5 N–H and O–H groups in total. The molecule has 0 spiro atoms. The molecular weight excluding hydrogens is 821 g/mol. The fourth-order valence-corrected chi connectivity index (χ4v) is 6.77. The van der Waals surface area contributed by atoms with Crippen LogP contribution in [0.15, 0.2) is 12.1 Å². The summed E-state index contributed by atoms with van der Waals surface area (Å²) in [7, 11) is 3.57. The van der Waals surface area contributed by atoms with E-state index in [0.717, 1.165) is 30.7 Å². The third-order valence-corrected chi connectivity index (χ3v) is 9.22. The zero-order chi connectivity index (χ0) is 29.2. The Morgan fingerprint density at radius 2 is 2.12 bits per heavy atom. The third kappa shape index (κ3) is 4.74. The summed E-state index contributed by atoms with van der Waals surface area (Å²) in [5.41, 5.74) is 5.68. The number of aromatic nitrogens is 2. The van der Waals surface area contributed by atoms with Crippen molar-refractivity contribution in [2.45, 2.75) is 44.4 Å². The first kappa shape index (κ1) is 29.0. The summed E-state index contributed by atoms with van der Waals surface area (Å²) in [5, 5.41) is 17.2. The molecule has 224 valence electrons. The van der Waals surface area contributed by atoms with Crippen molar-refractivity contribution in [3.05, 3.63) is 34.9 Å². The van der Waals surface area contributed by atoms with Crippen LogP contribution in [0.3, 0.4) is 0 Å². The smallest absolute Gasteiger partial charge is 0.319 e. The minimum absolute atomic E-state index is 0. The van der Waals surface area contributed by atoms with E-state index in [4.69, 9.17) is 22.1 Å². The average molecular weight is 849 g/mol. The number of halogens is 3. The first-order valence-corrected chi connectivity index (χ1v) is 14.4. The number of phenols is 1. The zero-order valence-corrected chi connectivity index (χ0v) is 27.4. The molecule has 0 radical (unpaired) electrons. The summed E-state index contributed by atoms with van der Waals surface area (Å²) < 4.78 is 37.4. The Labute approximate surface area is 243 Å². The van der Waals surface area contributed by atoms with E-state index in [9.17, 15) is 14.3 Å². The van der Waals surface area contributed by atoms with Crippen LogP contribution in [0, 0.1) is 23.6 Å². The van der Waals surface area contributed by atoms with Crippen LogP contribution in [-0.4, -0.2) is 64.7 Å². The molecule has 14 heteroatoms. The van der Waals surface area contributed by atoms with Gasteiger partial charge in [-0.2, -0.15) is 26.7 Å². The molecule has 1 saturated heterocycles. The molecule has 3 heterocycles. The number of hydrogen-bond donors (Lipinski definition) is 4. The Bertz CT molecular complexity index is 1710. The standard InChI is InChI=1S/C28H28ClF2N6O3S.Cm/c1-11(17-5-4-8-37(17)3)40-28-35-23-20(26(36-28)34-16-9-14(16)27(39)33-2)24(38)21(29)19(22(23)31)12-6-7-15(30)25-13(12)10-18(32)41-25;/h6-7,11,14,16-17,38H,4-5,8-9,32H2,1-3H3,(H,33,39)(H,34,35,36);/q-1;/t11-,14-,16+,17-;/m0./s1. The number of amides is 1. The summed E-state index contributed by atoms with van der Waals surface area (Å²) >= 11 is 7.58. The molecule has 0 bridgehead atoms. The quantitative estimate of drug-likeness (QED) is 0.193. The van der Waals surface area contributed by atoms with Gasteiger partial charge in [0.15, 0.2) is 0 Å². The van der Waals surface area contributed by atoms with Crippen molar-refractivity contribution < 1.29 is 23.4 Å². The Morgan fingerprint density at radius 3 is 2.81 bits per heavy atom. The van der Waals surface area contributed by atoms with Crippen LogP contribution in [0.1, 0.15) is 26.2 Å². The van der Waals surface area contributed by atoms with Gasteiger partial charge in [-0.05, 0) is 56.1 Å². The number of fused-ring (bicyclic) bond motifs is 2. The van der Waals surface area contributed by atoms with E-state index in [1.165, 1.54) is 12.1 Å². The Hall–Kier alpha value is -4.48. The maximum absolute atomic E-state index is 16.5. The number of nitrogens with zero attached hydrogens (tertiary/aromatic N) is 3. The van der Waals surface area contributed by atoms with E-state index in [2.05, 4.69) is 31.6 Å². The topological polar surface area (TPSA) is 126 Å². The van der Waals surface area contributed by atoms with E-state index in [1.807, 2.05) is 14.0 Å². The number of aromatic hydroxyl groups is 1. The van der Waals surface area contributed by atoms with Gasteiger partial charge < -0.3 is 26.2 Å². The van der Waals surface area contributed by atoms with Crippen molar-refractivity contribution in [2.75, 3.05) is 31.7 Å². The zero-order valence-electron chi connectivity index (χ0n) is 22.9. The number of carbonyl (C=O) groups is 1. The number of nitrogen functional groups attached to an aromatic ring is 1. The van der Waals surface area contributed by atoms with Gasteiger partial charge in [0.1, 0.15) is 29.0 Å². The van der Waals surface area contributed by atoms with Crippen LogP contribution >= 0.6 is 22.9 Å². The van der Waals surface area contributed by atoms with Crippen LogP contribution in [0.2, 0.25) is 5.02 Å². The Kier molecular flexibility index (Phi) is 7.42. The van der Waals surface area contributed by atoms with Gasteiger partial charge in [-0.1, -0.05) is 11.6 Å². The number of nitrogens with two attached hydrogens (primary N) is 1.